The maximum Gasteiger partial charge on any atom is 0.243 e. The fraction of sp³-hybridized carbons (Fsp3) is 0.409. The first-order chi connectivity index (χ1) is 14.1. The van der Waals surface area contributed by atoms with Gasteiger partial charge >= 0.3 is 0 Å². The van der Waals surface area contributed by atoms with Crippen molar-refractivity contribution in [2.75, 3.05) is 19.7 Å². The molecule has 4 rings (SSSR count). The highest BCUT2D eigenvalue weighted by atomic mass is 32.2. The number of nitrogens with zero attached hydrogens (tertiary/aromatic N) is 1. The van der Waals surface area contributed by atoms with Gasteiger partial charge in [0.1, 0.15) is 11.8 Å². The molecule has 2 aromatic rings. The first-order valence-electron chi connectivity index (χ1n) is 10.1. The van der Waals surface area contributed by atoms with Crippen molar-refractivity contribution in [1.29, 1.82) is 0 Å². The smallest absolute Gasteiger partial charge is 0.243 e. The molecule has 7 heteroatoms. The van der Waals surface area contributed by atoms with E-state index in [4.69, 9.17) is 4.74 Å². The zero-order chi connectivity index (χ0) is 20.3. The van der Waals surface area contributed by atoms with Gasteiger partial charge in [-0.05, 0) is 43.0 Å². The molecule has 2 aromatic carbocycles. The number of piperidine rings is 1. The Morgan fingerprint density at radius 1 is 1.07 bits per heavy atom. The quantitative estimate of drug-likeness (QED) is 0.816. The van der Waals surface area contributed by atoms with Crippen molar-refractivity contribution in [2.24, 2.45) is 5.92 Å². The van der Waals surface area contributed by atoms with Gasteiger partial charge in [-0.15, -0.1) is 0 Å². The van der Waals surface area contributed by atoms with Gasteiger partial charge in [0, 0.05) is 19.0 Å². The van der Waals surface area contributed by atoms with Crippen LogP contribution in [0.3, 0.4) is 0 Å². The maximum absolute atomic E-state index is 13.1. The maximum atomic E-state index is 13.1. The fourth-order valence-corrected chi connectivity index (χ4v) is 5.74. The molecule has 29 heavy (non-hydrogen) atoms. The Balaban J connectivity index is 1.42. The number of carbonyl (C=O) groups is 1. The van der Waals surface area contributed by atoms with Gasteiger partial charge in [0.15, 0.2) is 0 Å². The summed E-state index contributed by atoms with van der Waals surface area (Å²) in [6.45, 7) is 1.39. The number of fused-ring (bicyclic) bond motifs is 1. The van der Waals surface area contributed by atoms with Gasteiger partial charge < -0.3 is 10.1 Å². The second-order valence-corrected chi connectivity index (χ2v) is 9.56. The molecule has 2 aliphatic rings. The molecule has 6 nitrogen and oxygen atoms in total. The molecular formula is C22H26N2O4S. The summed E-state index contributed by atoms with van der Waals surface area (Å²) in [5.41, 5.74) is 1.14. The van der Waals surface area contributed by atoms with Gasteiger partial charge in [0.05, 0.1) is 11.5 Å². The van der Waals surface area contributed by atoms with Gasteiger partial charge in [-0.2, -0.15) is 4.31 Å². The summed E-state index contributed by atoms with van der Waals surface area (Å²) < 4.78 is 33.3. The molecule has 1 amide bonds. The largest absolute Gasteiger partial charge is 0.493 e. The van der Waals surface area contributed by atoms with Crippen LogP contribution >= 0.6 is 0 Å². The summed E-state index contributed by atoms with van der Waals surface area (Å²) in [6, 6.07) is 15.6. The third-order valence-electron chi connectivity index (χ3n) is 5.63. The molecular weight excluding hydrogens is 388 g/mol. The number of hydrogen-bond donors (Lipinski definition) is 1. The average molecular weight is 415 g/mol. The van der Waals surface area contributed by atoms with Crippen LogP contribution in [0.4, 0.5) is 0 Å². The molecule has 1 saturated heterocycles. The van der Waals surface area contributed by atoms with E-state index in [1.807, 2.05) is 24.3 Å². The van der Waals surface area contributed by atoms with E-state index in [2.05, 4.69) is 5.32 Å². The Labute approximate surface area is 171 Å². The number of rotatable bonds is 5. The van der Waals surface area contributed by atoms with Crippen LogP contribution < -0.4 is 10.1 Å². The number of para-hydroxylation sites is 1. The summed E-state index contributed by atoms with van der Waals surface area (Å²) >= 11 is 0. The van der Waals surface area contributed by atoms with Crippen molar-refractivity contribution in [3.63, 3.8) is 0 Å². The fourth-order valence-electron chi connectivity index (χ4n) is 4.07. The highest BCUT2D eigenvalue weighted by Gasteiger charge is 2.37. The monoisotopic (exact) mass is 414 g/mol. The van der Waals surface area contributed by atoms with Crippen LogP contribution in [-0.2, 0) is 21.2 Å². The van der Waals surface area contributed by atoms with Crippen molar-refractivity contribution >= 4 is 15.9 Å². The number of ether oxygens (including phenoxy) is 1. The molecule has 2 heterocycles. The van der Waals surface area contributed by atoms with Crippen molar-refractivity contribution in [3.8, 4) is 5.75 Å². The third-order valence-corrected chi connectivity index (χ3v) is 7.55. The number of benzene rings is 2. The third kappa shape index (κ3) is 4.31. The molecule has 0 bridgehead atoms. The number of amides is 1. The topological polar surface area (TPSA) is 75.7 Å². The Kier molecular flexibility index (Phi) is 5.87. The predicted molar refractivity (Wildman–Crippen MR) is 110 cm³/mol. The van der Waals surface area contributed by atoms with E-state index < -0.39 is 16.1 Å². The van der Waals surface area contributed by atoms with Crippen molar-refractivity contribution in [1.82, 2.24) is 9.62 Å². The van der Waals surface area contributed by atoms with Gasteiger partial charge in [-0.25, -0.2) is 8.42 Å². The molecule has 0 saturated carbocycles. The Bertz CT molecular complexity index is 962. The molecule has 0 spiro atoms. The lowest BCUT2D eigenvalue weighted by atomic mass is 9.96. The highest BCUT2D eigenvalue weighted by Crippen LogP contribution is 2.27. The summed E-state index contributed by atoms with van der Waals surface area (Å²) in [5, 5.41) is 2.98. The Hall–Kier alpha value is -2.38. The summed E-state index contributed by atoms with van der Waals surface area (Å²) in [5.74, 6) is 0.863. The number of nitrogens with one attached hydrogen (secondary N) is 1. The lowest BCUT2D eigenvalue weighted by molar-refractivity contribution is -0.125. The molecule has 2 aliphatic heterocycles. The predicted octanol–water partition coefficient (Wildman–Crippen LogP) is 2.60. The van der Waals surface area contributed by atoms with E-state index in [1.165, 1.54) is 4.31 Å². The van der Waals surface area contributed by atoms with Gasteiger partial charge in [-0.3, -0.25) is 4.79 Å². The van der Waals surface area contributed by atoms with Crippen LogP contribution in [0.1, 0.15) is 24.8 Å². The zero-order valence-corrected chi connectivity index (χ0v) is 17.1. The second-order valence-electron chi connectivity index (χ2n) is 7.67. The Morgan fingerprint density at radius 2 is 1.83 bits per heavy atom. The molecule has 2 unspecified atom stereocenters. The molecule has 0 radical (unpaired) electrons. The number of hydrogen-bond acceptors (Lipinski definition) is 4. The lowest BCUT2D eigenvalue weighted by Crippen LogP contribution is -2.52. The SMILES string of the molecule is O=C(NCC1COc2ccccc2C1)C1CCCCN1S(=O)(=O)c1ccccc1. The minimum atomic E-state index is -3.69. The Morgan fingerprint density at radius 3 is 2.66 bits per heavy atom. The molecule has 1 N–H and O–H groups in total. The van der Waals surface area contributed by atoms with Crippen LogP contribution in [0.2, 0.25) is 0 Å². The zero-order valence-electron chi connectivity index (χ0n) is 16.3. The van der Waals surface area contributed by atoms with Crippen LogP contribution in [0.25, 0.3) is 0 Å². The first kappa shape index (κ1) is 19.9. The summed E-state index contributed by atoms with van der Waals surface area (Å²) in [7, 11) is -3.69. The standard InChI is InChI=1S/C22H26N2O4S/c25-22(23-15-17-14-18-8-4-5-12-21(18)28-16-17)20-11-6-7-13-24(20)29(26,27)19-9-2-1-3-10-19/h1-5,8-10,12,17,20H,6-7,11,13-16H2,(H,23,25). The molecule has 1 fully saturated rings. The van der Waals surface area contributed by atoms with Gasteiger partial charge in [0.2, 0.25) is 15.9 Å². The van der Waals surface area contributed by atoms with Crippen LogP contribution in [0, 0.1) is 5.92 Å². The van der Waals surface area contributed by atoms with Crippen LogP contribution in [0.15, 0.2) is 59.5 Å². The minimum absolute atomic E-state index is 0.177. The molecule has 2 atom stereocenters. The highest BCUT2D eigenvalue weighted by molar-refractivity contribution is 7.89. The van der Waals surface area contributed by atoms with Gasteiger partial charge in [-0.1, -0.05) is 42.8 Å². The van der Waals surface area contributed by atoms with E-state index in [-0.39, 0.29) is 16.7 Å². The summed E-state index contributed by atoms with van der Waals surface area (Å²) in [4.78, 5) is 13.2. The molecule has 0 aromatic heterocycles. The van der Waals surface area contributed by atoms with Crippen molar-refractivity contribution in [2.45, 2.75) is 36.6 Å². The number of carbonyl (C=O) groups excluding carboxylic acids is 1. The summed E-state index contributed by atoms with van der Waals surface area (Å²) in [6.07, 6.45) is 3.00. The molecule has 0 aliphatic carbocycles. The van der Waals surface area contributed by atoms with Gasteiger partial charge in [0.25, 0.3) is 0 Å². The van der Waals surface area contributed by atoms with E-state index in [0.717, 1.165) is 30.6 Å². The lowest BCUT2D eigenvalue weighted by Gasteiger charge is -2.34. The van der Waals surface area contributed by atoms with Crippen LogP contribution in [-0.4, -0.2) is 44.4 Å². The average Bonchev–Trinajstić information content (AvgIpc) is 2.78. The van der Waals surface area contributed by atoms with Crippen molar-refractivity contribution < 1.29 is 17.9 Å². The second kappa shape index (κ2) is 8.55. The van der Waals surface area contributed by atoms with Crippen LogP contribution in [0.5, 0.6) is 5.75 Å². The normalized spacial score (nSPS) is 22.3. The van der Waals surface area contributed by atoms with E-state index in [0.29, 0.717) is 26.1 Å². The minimum Gasteiger partial charge on any atom is -0.493 e. The van der Waals surface area contributed by atoms with E-state index in [9.17, 15) is 13.2 Å². The van der Waals surface area contributed by atoms with Crippen molar-refractivity contribution in [3.05, 3.63) is 60.2 Å². The van der Waals surface area contributed by atoms with E-state index >= 15 is 0 Å². The van der Waals surface area contributed by atoms with E-state index in [1.54, 1.807) is 30.3 Å². The number of sulfonamides is 1. The molecule has 154 valence electrons. The first-order valence-corrected chi connectivity index (χ1v) is 11.5.